The highest BCUT2D eigenvalue weighted by atomic mass is 35.5. The van der Waals surface area contributed by atoms with Crippen molar-refractivity contribution in [2.45, 2.75) is 33.2 Å². The van der Waals surface area contributed by atoms with Crippen molar-refractivity contribution in [1.29, 1.82) is 0 Å². The van der Waals surface area contributed by atoms with Gasteiger partial charge in [-0.25, -0.2) is 9.59 Å². The minimum atomic E-state index is -1.04. The second-order valence-electron chi connectivity index (χ2n) is 4.76. The number of aryl methyl sites for hydroxylation is 1. The first-order valence-corrected chi connectivity index (χ1v) is 6.79. The summed E-state index contributed by atoms with van der Waals surface area (Å²) >= 11 is 5.86. The standard InChI is InChI=1S/C14H19ClN2O3/c1-4-8(2)12(13(18)19)17-14(20)16-11-7-10(15)6-5-9(11)3/h5-8,12H,4H2,1-3H3,(H,18,19)(H2,16,17,20)/t8-,12+/m1/s1. The number of anilines is 1. The van der Waals surface area contributed by atoms with Crippen LogP contribution < -0.4 is 10.6 Å². The number of carbonyl (C=O) groups excluding carboxylic acids is 1. The van der Waals surface area contributed by atoms with E-state index in [1.54, 1.807) is 25.1 Å². The fourth-order valence-corrected chi connectivity index (χ4v) is 1.88. The zero-order valence-electron chi connectivity index (χ0n) is 11.7. The van der Waals surface area contributed by atoms with Crippen molar-refractivity contribution >= 4 is 29.3 Å². The quantitative estimate of drug-likeness (QED) is 0.780. The molecule has 1 aromatic rings. The van der Waals surface area contributed by atoms with Gasteiger partial charge in [0.05, 0.1) is 0 Å². The Morgan fingerprint density at radius 1 is 1.40 bits per heavy atom. The van der Waals surface area contributed by atoms with Gasteiger partial charge in [0, 0.05) is 10.7 Å². The average Bonchev–Trinajstić information content (AvgIpc) is 2.39. The van der Waals surface area contributed by atoms with Crippen LogP contribution in [-0.4, -0.2) is 23.1 Å². The van der Waals surface area contributed by atoms with E-state index >= 15 is 0 Å². The number of hydrogen-bond donors (Lipinski definition) is 3. The van der Waals surface area contributed by atoms with Crippen molar-refractivity contribution in [3.8, 4) is 0 Å². The van der Waals surface area contributed by atoms with Crippen LogP contribution >= 0.6 is 11.6 Å². The van der Waals surface area contributed by atoms with Crippen molar-refractivity contribution in [3.63, 3.8) is 0 Å². The fraction of sp³-hybridized carbons (Fsp3) is 0.429. The van der Waals surface area contributed by atoms with Crippen molar-refractivity contribution in [3.05, 3.63) is 28.8 Å². The number of nitrogens with one attached hydrogen (secondary N) is 2. The van der Waals surface area contributed by atoms with Crippen LogP contribution in [0.5, 0.6) is 0 Å². The average molecular weight is 299 g/mol. The number of carbonyl (C=O) groups is 2. The number of aliphatic carboxylic acids is 1. The maximum Gasteiger partial charge on any atom is 0.326 e. The number of carboxylic acid groups (broad SMARTS) is 1. The molecule has 0 spiro atoms. The minimum absolute atomic E-state index is 0.154. The van der Waals surface area contributed by atoms with Gasteiger partial charge in [-0.2, -0.15) is 0 Å². The Labute approximate surface area is 123 Å². The number of carboxylic acids is 1. The van der Waals surface area contributed by atoms with Crippen molar-refractivity contribution in [1.82, 2.24) is 5.32 Å². The molecule has 0 saturated carbocycles. The molecule has 0 aliphatic carbocycles. The lowest BCUT2D eigenvalue weighted by atomic mass is 9.99. The van der Waals surface area contributed by atoms with Crippen LogP contribution in [-0.2, 0) is 4.79 Å². The largest absolute Gasteiger partial charge is 0.480 e. The lowest BCUT2D eigenvalue weighted by Crippen LogP contribution is -2.46. The molecule has 3 N–H and O–H groups in total. The summed E-state index contributed by atoms with van der Waals surface area (Å²) in [5.74, 6) is -1.20. The number of amides is 2. The number of halogens is 1. The van der Waals surface area contributed by atoms with E-state index < -0.39 is 18.0 Å². The van der Waals surface area contributed by atoms with Gasteiger partial charge < -0.3 is 15.7 Å². The molecular formula is C14H19ClN2O3. The predicted molar refractivity (Wildman–Crippen MR) is 79.2 cm³/mol. The number of rotatable bonds is 5. The van der Waals surface area contributed by atoms with Crippen LogP contribution in [0.4, 0.5) is 10.5 Å². The van der Waals surface area contributed by atoms with Crippen LogP contribution in [0.15, 0.2) is 18.2 Å². The van der Waals surface area contributed by atoms with Crippen molar-refractivity contribution < 1.29 is 14.7 Å². The SMILES string of the molecule is CC[C@@H](C)[C@H](NC(=O)Nc1cc(Cl)ccc1C)C(=O)O. The summed E-state index contributed by atoms with van der Waals surface area (Å²) in [7, 11) is 0. The third-order valence-corrected chi connectivity index (χ3v) is 3.45. The maximum absolute atomic E-state index is 11.9. The number of urea groups is 1. The molecule has 0 fully saturated rings. The highest BCUT2D eigenvalue weighted by molar-refractivity contribution is 6.31. The summed E-state index contributed by atoms with van der Waals surface area (Å²) in [6.07, 6.45) is 0.660. The van der Waals surface area contributed by atoms with E-state index in [0.29, 0.717) is 17.1 Å². The van der Waals surface area contributed by atoms with E-state index in [1.807, 2.05) is 13.8 Å². The zero-order valence-corrected chi connectivity index (χ0v) is 12.5. The highest BCUT2D eigenvalue weighted by Crippen LogP contribution is 2.20. The van der Waals surface area contributed by atoms with E-state index in [0.717, 1.165) is 5.56 Å². The first-order chi connectivity index (χ1) is 9.35. The molecule has 0 saturated heterocycles. The molecule has 0 radical (unpaired) electrons. The monoisotopic (exact) mass is 298 g/mol. The topological polar surface area (TPSA) is 78.4 Å². The Balaban J connectivity index is 2.75. The molecular weight excluding hydrogens is 280 g/mol. The molecule has 0 aliphatic rings. The molecule has 2 amide bonds. The van der Waals surface area contributed by atoms with E-state index in [9.17, 15) is 9.59 Å². The minimum Gasteiger partial charge on any atom is -0.480 e. The van der Waals surface area contributed by atoms with Crippen LogP contribution in [0, 0.1) is 12.8 Å². The van der Waals surface area contributed by atoms with Gasteiger partial charge in [-0.1, -0.05) is 37.9 Å². The second-order valence-corrected chi connectivity index (χ2v) is 5.20. The van der Waals surface area contributed by atoms with Gasteiger partial charge in [0.15, 0.2) is 0 Å². The molecule has 20 heavy (non-hydrogen) atoms. The summed E-state index contributed by atoms with van der Waals surface area (Å²) < 4.78 is 0. The van der Waals surface area contributed by atoms with Crippen LogP contribution in [0.25, 0.3) is 0 Å². The summed E-state index contributed by atoms with van der Waals surface area (Å²) in [6.45, 7) is 5.49. The van der Waals surface area contributed by atoms with Crippen LogP contribution in [0.1, 0.15) is 25.8 Å². The normalized spacial score (nSPS) is 13.4. The molecule has 1 rings (SSSR count). The Bertz CT molecular complexity index is 505. The van der Waals surface area contributed by atoms with Gasteiger partial charge in [0.2, 0.25) is 0 Å². The molecule has 2 atom stereocenters. The number of benzene rings is 1. The van der Waals surface area contributed by atoms with E-state index in [4.69, 9.17) is 16.7 Å². The van der Waals surface area contributed by atoms with E-state index in [2.05, 4.69) is 10.6 Å². The Kier molecular flexibility index (Phi) is 5.82. The van der Waals surface area contributed by atoms with E-state index in [-0.39, 0.29) is 5.92 Å². The summed E-state index contributed by atoms with van der Waals surface area (Å²) in [5.41, 5.74) is 1.41. The fourth-order valence-electron chi connectivity index (χ4n) is 1.71. The van der Waals surface area contributed by atoms with Gasteiger partial charge in [0.1, 0.15) is 6.04 Å². The molecule has 0 heterocycles. The van der Waals surface area contributed by atoms with Crippen LogP contribution in [0.3, 0.4) is 0 Å². The third kappa shape index (κ3) is 4.42. The molecule has 1 aromatic carbocycles. The van der Waals surface area contributed by atoms with E-state index in [1.165, 1.54) is 0 Å². The third-order valence-electron chi connectivity index (χ3n) is 3.21. The van der Waals surface area contributed by atoms with Crippen molar-refractivity contribution in [2.24, 2.45) is 5.92 Å². The molecule has 5 nitrogen and oxygen atoms in total. The maximum atomic E-state index is 11.9. The number of hydrogen-bond acceptors (Lipinski definition) is 2. The van der Waals surface area contributed by atoms with Crippen LogP contribution in [0.2, 0.25) is 5.02 Å². The summed E-state index contributed by atoms with van der Waals surface area (Å²) in [4.78, 5) is 23.0. The van der Waals surface area contributed by atoms with Gasteiger partial charge >= 0.3 is 12.0 Å². The summed E-state index contributed by atoms with van der Waals surface area (Å²) in [5, 5.41) is 14.7. The molecule has 110 valence electrons. The van der Waals surface area contributed by atoms with Gasteiger partial charge in [-0.15, -0.1) is 0 Å². The molecule has 0 unspecified atom stereocenters. The van der Waals surface area contributed by atoms with Gasteiger partial charge in [0.25, 0.3) is 0 Å². The second kappa shape index (κ2) is 7.14. The Morgan fingerprint density at radius 2 is 2.05 bits per heavy atom. The lowest BCUT2D eigenvalue weighted by molar-refractivity contribution is -0.140. The first kappa shape index (κ1) is 16.3. The predicted octanol–water partition coefficient (Wildman–Crippen LogP) is 3.27. The Hall–Kier alpha value is -1.75. The Morgan fingerprint density at radius 3 is 2.60 bits per heavy atom. The smallest absolute Gasteiger partial charge is 0.326 e. The van der Waals surface area contributed by atoms with Gasteiger partial charge in [-0.05, 0) is 30.5 Å². The van der Waals surface area contributed by atoms with Gasteiger partial charge in [-0.3, -0.25) is 0 Å². The molecule has 0 aliphatic heterocycles. The first-order valence-electron chi connectivity index (χ1n) is 6.41. The highest BCUT2D eigenvalue weighted by Gasteiger charge is 2.25. The molecule has 0 bridgehead atoms. The lowest BCUT2D eigenvalue weighted by Gasteiger charge is -2.20. The molecule has 0 aromatic heterocycles. The van der Waals surface area contributed by atoms with Crippen molar-refractivity contribution in [2.75, 3.05) is 5.32 Å². The summed E-state index contributed by atoms with van der Waals surface area (Å²) in [6, 6.07) is 3.65. The zero-order chi connectivity index (χ0) is 15.3. The molecule has 6 heteroatoms.